The van der Waals surface area contributed by atoms with Crippen molar-refractivity contribution < 1.29 is 4.79 Å². The van der Waals surface area contributed by atoms with Gasteiger partial charge in [-0.15, -0.1) is 5.10 Å². The van der Waals surface area contributed by atoms with Crippen LogP contribution in [-0.4, -0.2) is 27.1 Å². The average molecular weight is 234 g/mol. The third kappa shape index (κ3) is 2.48. The summed E-state index contributed by atoms with van der Waals surface area (Å²) in [5.74, 6) is 1.56. The summed E-state index contributed by atoms with van der Waals surface area (Å²) in [6, 6.07) is 0.319. The maximum absolute atomic E-state index is 11.9. The molecule has 1 heterocycles. The summed E-state index contributed by atoms with van der Waals surface area (Å²) in [6.45, 7) is 0. The van der Waals surface area contributed by atoms with Gasteiger partial charge in [0.05, 0.1) is 0 Å². The van der Waals surface area contributed by atoms with Crippen LogP contribution in [0.1, 0.15) is 67.3 Å². The van der Waals surface area contributed by atoms with Gasteiger partial charge < -0.3 is 5.32 Å². The molecule has 0 saturated heterocycles. The Kier molecular flexibility index (Phi) is 2.82. The number of nitrogens with one attached hydrogen (secondary N) is 2. The largest absolute Gasteiger partial charge is 0.347 e. The monoisotopic (exact) mass is 234 g/mol. The van der Waals surface area contributed by atoms with E-state index in [1.54, 1.807) is 0 Å². The number of amides is 1. The second-order valence-electron chi connectivity index (χ2n) is 5.13. The van der Waals surface area contributed by atoms with Crippen molar-refractivity contribution in [3.63, 3.8) is 0 Å². The molecule has 0 radical (unpaired) electrons. The lowest BCUT2D eigenvalue weighted by atomic mass is 9.95. The number of nitrogens with zero attached hydrogens (tertiary/aromatic N) is 2. The zero-order valence-corrected chi connectivity index (χ0v) is 9.91. The van der Waals surface area contributed by atoms with Crippen molar-refractivity contribution in [2.24, 2.45) is 0 Å². The third-order valence-electron chi connectivity index (χ3n) is 3.61. The minimum Gasteiger partial charge on any atom is -0.347 e. The van der Waals surface area contributed by atoms with Crippen LogP contribution >= 0.6 is 0 Å². The summed E-state index contributed by atoms with van der Waals surface area (Å²) in [4.78, 5) is 16.2. The van der Waals surface area contributed by atoms with Crippen LogP contribution in [-0.2, 0) is 0 Å². The Bertz CT molecular complexity index is 404. The number of rotatable bonds is 3. The van der Waals surface area contributed by atoms with Crippen LogP contribution in [0.5, 0.6) is 0 Å². The Morgan fingerprint density at radius 1 is 1.18 bits per heavy atom. The predicted octanol–water partition coefficient (Wildman–Crippen LogP) is 1.74. The highest BCUT2D eigenvalue weighted by Crippen LogP contribution is 2.37. The van der Waals surface area contributed by atoms with E-state index < -0.39 is 0 Å². The van der Waals surface area contributed by atoms with Gasteiger partial charge in [-0.3, -0.25) is 9.89 Å². The molecule has 5 heteroatoms. The van der Waals surface area contributed by atoms with Crippen molar-refractivity contribution in [1.29, 1.82) is 0 Å². The quantitative estimate of drug-likeness (QED) is 0.837. The fourth-order valence-corrected chi connectivity index (χ4v) is 2.41. The molecule has 2 aliphatic carbocycles. The molecular formula is C12H18N4O. The molecule has 2 N–H and O–H groups in total. The van der Waals surface area contributed by atoms with Gasteiger partial charge in [0.25, 0.3) is 5.91 Å². The van der Waals surface area contributed by atoms with Gasteiger partial charge in [0.2, 0.25) is 5.82 Å². The summed E-state index contributed by atoms with van der Waals surface area (Å²) < 4.78 is 0. The zero-order chi connectivity index (χ0) is 11.7. The van der Waals surface area contributed by atoms with Crippen molar-refractivity contribution in [3.05, 3.63) is 11.6 Å². The van der Waals surface area contributed by atoms with Gasteiger partial charge in [-0.2, -0.15) is 0 Å². The van der Waals surface area contributed by atoms with Crippen molar-refractivity contribution in [1.82, 2.24) is 20.5 Å². The maximum Gasteiger partial charge on any atom is 0.291 e. The second-order valence-corrected chi connectivity index (χ2v) is 5.13. The molecule has 3 rings (SSSR count). The van der Waals surface area contributed by atoms with Crippen molar-refractivity contribution in [3.8, 4) is 0 Å². The fraction of sp³-hybridized carbons (Fsp3) is 0.750. The van der Waals surface area contributed by atoms with Gasteiger partial charge in [-0.25, -0.2) is 4.98 Å². The van der Waals surface area contributed by atoms with E-state index in [2.05, 4.69) is 20.5 Å². The van der Waals surface area contributed by atoms with E-state index >= 15 is 0 Å². The molecule has 1 aromatic rings. The number of hydrogen-bond acceptors (Lipinski definition) is 3. The fourth-order valence-electron chi connectivity index (χ4n) is 2.41. The first-order valence-electron chi connectivity index (χ1n) is 6.56. The van der Waals surface area contributed by atoms with Crippen LogP contribution in [0, 0.1) is 0 Å². The standard InChI is InChI=1S/C12H18N4O/c17-12(13-9-4-2-1-3-5-9)11-14-10(15-16-11)8-6-7-8/h8-9H,1-7H2,(H,13,17)(H,14,15,16). The smallest absolute Gasteiger partial charge is 0.291 e. The van der Waals surface area contributed by atoms with Crippen LogP contribution in [0.25, 0.3) is 0 Å². The lowest BCUT2D eigenvalue weighted by Gasteiger charge is -2.21. The van der Waals surface area contributed by atoms with Crippen molar-refractivity contribution >= 4 is 5.91 Å². The van der Waals surface area contributed by atoms with E-state index in [9.17, 15) is 4.79 Å². The van der Waals surface area contributed by atoms with E-state index in [0.717, 1.165) is 18.7 Å². The molecule has 0 bridgehead atoms. The molecule has 0 aromatic carbocycles. The summed E-state index contributed by atoms with van der Waals surface area (Å²) in [6.07, 6.45) is 8.23. The molecule has 92 valence electrons. The first-order valence-corrected chi connectivity index (χ1v) is 6.56. The van der Waals surface area contributed by atoms with Gasteiger partial charge in [0.15, 0.2) is 0 Å². The lowest BCUT2D eigenvalue weighted by molar-refractivity contribution is 0.0917. The van der Waals surface area contributed by atoms with E-state index in [0.29, 0.717) is 17.8 Å². The molecule has 17 heavy (non-hydrogen) atoms. The SMILES string of the molecule is O=C(NC1CCCCC1)c1n[nH]c(C2CC2)n1. The van der Waals surface area contributed by atoms with Gasteiger partial charge in [0.1, 0.15) is 5.82 Å². The van der Waals surface area contributed by atoms with Crippen LogP contribution in [0.2, 0.25) is 0 Å². The molecule has 0 aliphatic heterocycles. The van der Waals surface area contributed by atoms with E-state index in [-0.39, 0.29) is 5.91 Å². The topological polar surface area (TPSA) is 70.7 Å². The molecule has 0 unspecified atom stereocenters. The zero-order valence-electron chi connectivity index (χ0n) is 9.91. The minimum absolute atomic E-state index is 0.125. The Labute approximate surface area is 100 Å². The summed E-state index contributed by atoms with van der Waals surface area (Å²) in [5, 5.41) is 9.88. The van der Waals surface area contributed by atoms with Crippen molar-refractivity contribution in [2.75, 3.05) is 0 Å². The summed E-state index contributed by atoms with van der Waals surface area (Å²) >= 11 is 0. The second kappa shape index (κ2) is 4.47. The Morgan fingerprint density at radius 2 is 1.94 bits per heavy atom. The van der Waals surface area contributed by atoms with Crippen molar-refractivity contribution in [2.45, 2.75) is 56.9 Å². The molecule has 2 aliphatic rings. The van der Waals surface area contributed by atoms with Gasteiger partial charge in [-0.1, -0.05) is 19.3 Å². The first-order chi connectivity index (χ1) is 8.33. The molecule has 5 nitrogen and oxygen atoms in total. The summed E-state index contributed by atoms with van der Waals surface area (Å²) in [7, 11) is 0. The molecule has 1 amide bonds. The maximum atomic E-state index is 11.9. The molecule has 0 spiro atoms. The number of aromatic amines is 1. The predicted molar refractivity (Wildman–Crippen MR) is 62.7 cm³/mol. The lowest BCUT2D eigenvalue weighted by Crippen LogP contribution is -2.36. The van der Waals surface area contributed by atoms with Gasteiger partial charge in [-0.05, 0) is 25.7 Å². The van der Waals surface area contributed by atoms with Gasteiger partial charge >= 0.3 is 0 Å². The molecule has 2 fully saturated rings. The van der Waals surface area contributed by atoms with Gasteiger partial charge in [0, 0.05) is 12.0 Å². The highest BCUT2D eigenvalue weighted by Gasteiger charge is 2.28. The minimum atomic E-state index is -0.125. The van der Waals surface area contributed by atoms with Crippen LogP contribution in [0.3, 0.4) is 0 Å². The average Bonchev–Trinajstić information content (AvgIpc) is 3.08. The number of carbonyl (C=O) groups is 1. The van der Waals surface area contributed by atoms with Crippen LogP contribution < -0.4 is 5.32 Å². The van der Waals surface area contributed by atoms with Crippen LogP contribution in [0.15, 0.2) is 0 Å². The third-order valence-corrected chi connectivity index (χ3v) is 3.61. The highest BCUT2D eigenvalue weighted by atomic mass is 16.2. The van der Waals surface area contributed by atoms with Crippen LogP contribution in [0.4, 0.5) is 0 Å². The molecule has 0 atom stereocenters. The summed E-state index contributed by atoms with van der Waals surface area (Å²) in [5.41, 5.74) is 0. The number of hydrogen-bond donors (Lipinski definition) is 2. The first kappa shape index (κ1) is 10.7. The molecule has 1 aromatic heterocycles. The Balaban J connectivity index is 1.59. The normalized spacial score (nSPS) is 21.4. The number of carbonyl (C=O) groups excluding carboxylic acids is 1. The van der Waals surface area contributed by atoms with E-state index in [1.165, 1.54) is 32.1 Å². The van der Waals surface area contributed by atoms with E-state index in [1.807, 2.05) is 0 Å². The van der Waals surface area contributed by atoms with E-state index in [4.69, 9.17) is 0 Å². The molecular weight excluding hydrogens is 216 g/mol. The highest BCUT2D eigenvalue weighted by molar-refractivity contribution is 5.90. The number of H-pyrrole nitrogens is 1. The number of aromatic nitrogens is 3. The molecule has 2 saturated carbocycles. The Morgan fingerprint density at radius 3 is 2.65 bits per heavy atom. The Hall–Kier alpha value is -1.39.